The fourth-order valence-corrected chi connectivity index (χ4v) is 10.8. The van der Waals surface area contributed by atoms with E-state index in [-0.39, 0.29) is 5.41 Å². The van der Waals surface area contributed by atoms with E-state index in [9.17, 15) is 0 Å². The van der Waals surface area contributed by atoms with Crippen LogP contribution in [0.5, 0.6) is 0 Å². The summed E-state index contributed by atoms with van der Waals surface area (Å²) in [6, 6.07) is 59.6. The van der Waals surface area contributed by atoms with Crippen LogP contribution in [-0.4, -0.2) is 0 Å². The van der Waals surface area contributed by atoms with Crippen molar-refractivity contribution in [2.45, 2.75) is 18.3 Å². The molecule has 2 aliphatic rings. The first-order valence-corrected chi connectivity index (χ1v) is 18.6. The van der Waals surface area contributed by atoms with E-state index in [4.69, 9.17) is 0 Å². The summed E-state index contributed by atoms with van der Waals surface area (Å²) in [5.41, 5.74) is 11.1. The third-order valence-electron chi connectivity index (χ3n) is 11.9. The molecule has 2 aliphatic carbocycles. The number of fused-ring (bicyclic) bond motifs is 7. The maximum absolute atomic E-state index is 2.50. The molecule has 0 unspecified atom stereocenters. The molecule has 1 heteroatoms. The zero-order chi connectivity index (χ0) is 32.6. The highest BCUT2D eigenvalue weighted by atomic mass is 32.1. The van der Waals surface area contributed by atoms with Crippen LogP contribution < -0.4 is 0 Å². The molecule has 1 fully saturated rings. The second-order valence-electron chi connectivity index (χ2n) is 14.3. The summed E-state index contributed by atoms with van der Waals surface area (Å²) < 4.78 is 2.67. The number of thiophene rings is 1. The molecule has 0 nitrogen and oxygen atoms in total. The molecule has 10 aromatic rings. The molecule has 9 aromatic carbocycles. The van der Waals surface area contributed by atoms with Crippen molar-refractivity contribution in [3.8, 4) is 33.4 Å². The van der Waals surface area contributed by atoms with Gasteiger partial charge in [-0.2, -0.15) is 0 Å². The van der Waals surface area contributed by atoms with Crippen molar-refractivity contribution < 1.29 is 0 Å². The van der Waals surface area contributed by atoms with Gasteiger partial charge >= 0.3 is 0 Å². The molecule has 0 radical (unpaired) electrons. The van der Waals surface area contributed by atoms with Gasteiger partial charge in [-0.3, -0.25) is 0 Å². The number of rotatable bonds is 3. The quantitative estimate of drug-likeness (QED) is 0.132. The lowest BCUT2D eigenvalue weighted by molar-refractivity contribution is 0.883. The third-order valence-corrected chi connectivity index (χ3v) is 13.0. The normalized spacial score (nSPS) is 14.4. The monoisotopic (exact) mass is 650 g/mol. The van der Waals surface area contributed by atoms with Crippen molar-refractivity contribution in [1.29, 1.82) is 0 Å². The molecule has 0 N–H and O–H groups in total. The van der Waals surface area contributed by atoms with Crippen molar-refractivity contribution in [3.63, 3.8) is 0 Å². The van der Waals surface area contributed by atoms with Gasteiger partial charge in [0.1, 0.15) is 0 Å². The maximum Gasteiger partial charge on any atom is 0.0361 e. The average molecular weight is 651 g/mol. The number of hydrogen-bond acceptors (Lipinski definition) is 1. The van der Waals surface area contributed by atoms with E-state index in [1.165, 1.54) is 115 Å². The predicted molar refractivity (Wildman–Crippen MR) is 216 cm³/mol. The van der Waals surface area contributed by atoms with Gasteiger partial charge in [-0.1, -0.05) is 140 Å². The molecule has 0 amide bonds. The second-order valence-corrected chi connectivity index (χ2v) is 15.4. The Kier molecular flexibility index (Phi) is 5.25. The predicted octanol–water partition coefficient (Wildman–Crippen LogP) is 14.1. The molecule has 0 saturated heterocycles. The Bertz CT molecular complexity index is 3040. The first kappa shape index (κ1) is 27.1. The first-order chi connectivity index (χ1) is 24.8. The van der Waals surface area contributed by atoms with E-state index in [1.807, 2.05) is 11.3 Å². The lowest BCUT2D eigenvalue weighted by atomic mass is 9.82. The van der Waals surface area contributed by atoms with Gasteiger partial charge in [0.15, 0.2) is 0 Å². The molecular formula is C49H30S. The molecule has 0 atom stereocenters. The summed E-state index contributed by atoms with van der Waals surface area (Å²) in [5, 5.41) is 13.6. The minimum Gasteiger partial charge on any atom is -0.135 e. The van der Waals surface area contributed by atoms with E-state index in [1.54, 1.807) is 5.56 Å². The largest absolute Gasteiger partial charge is 0.135 e. The molecule has 232 valence electrons. The minimum atomic E-state index is 0.217. The number of hydrogen-bond donors (Lipinski definition) is 0. The van der Waals surface area contributed by atoms with Crippen LogP contribution in [0.2, 0.25) is 0 Å². The second kappa shape index (κ2) is 9.69. The zero-order valence-electron chi connectivity index (χ0n) is 27.3. The lowest BCUT2D eigenvalue weighted by Gasteiger charge is -2.21. The highest BCUT2D eigenvalue weighted by molar-refractivity contribution is 7.25. The van der Waals surface area contributed by atoms with Crippen molar-refractivity contribution in [2.24, 2.45) is 0 Å². The number of benzene rings is 9. The van der Waals surface area contributed by atoms with Crippen LogP contribution in [0.4, 0.5) is 0 Å². The van der Waals surface area contributed by atoms with Crippen LogP contribution >= 0.6 is 11.3 Å². The highest BCUT2D eigenvalue weighted by Crippen LogP contribution is 2.63. The van der Waals surface area contributed by atoms with E-state index >= 15 is 0 Å². The Balaban J connectivity index is 1.21. The Morgan fingerprint density at radius 3 is 1.60 bits per heavy atom. The van der Waals surface area contributed by atoms with Crippen molar-refractivity contribution in [1.82, 2.24) is 0 Å². The van der Waals surface area contributed by atoms with Crippen molar-refractivity contribution in [2.75, 3.05) is 0 Å². The van der Waals surface area contributed by atoms with Gasteiger partial charge in [-0.05, 0) is 119 Å². The fourth-order valence-electron chi connectivity index (χ4n) is 9.71. The fraction of sp³-hybridized carbons (Fsp3) is 0.0612. The third kappa shape index (κ3) is 3.41. The Hall–Kier alpha value is -5.76. The summed E-state index contributed by atoms with van der Waals surface area (Å²) >= 11 is 1.89. The van der Waals surface area contributed by atoms with Crippen LogP contribution in [0.25, 0.3) is 96.6 Å². The van der Waals surface area contributed by atoms with Crippen LogP contribution in [0.15, 0.2) is 158 Å². The summed E-state index contributed by atoms with van der Waals surface area (Å²) in [7, 11) is 0. The maximum atomic E-state index is 2.50. The SMILES string of the molecule is c1ccc(-c2cccc3sc4ccccc4c23)c(-c2c3ccccc3c(-c3cc4cccc5c4c4c(cccc34)C53CC3)c3ccccc23)c1. The van der Waals surface area contributed by atoms with Crippen molar-refractivity contribution in [3.05, 3.63) is 169 Å². The van der Waals surface area contributed by atoms with Gasteiger partial charge in [0, 0.05) is 25.6 Å². The van der Waals surface area contributed by atoms with Gasteiger partial charge in [0.05, 0.1) is 0 Å². The Labute approximate surface area is 293 Å². The summed E-state index contributed by atoms with van der Waals surface area (Å²) in [4.78, 5) is 0. The summed E-state index contributed by atoms with van der Waals surface area (Å²) in [6.07, 6.45) is 2.51. The zero-order valence-corrected chi connectivity index (χ0v) is 28.2. The van der Waals surface area contributed by atoms with Gasteiger partial charge in [-0.25, -0.2) is 0 Å². The van der Waals surface area contributed by atoms with E-state index in [0.717, 1.165) is 0 Å². The van der Waals surface area contributed by atoms with Gasteiger partial charge in [0.25, 0.3) is 0 Å². The summed E-state index contributed by atoms with van der Waals surface area (Å²) in [5.74, 6) is 0. The highest BCUT2D eigenvalue weighted by Gasteiger charge is 2.51. The molecule has 0 bridgehead atoms. The summed E-state index contributed by atoms with van der Waals surface area (Å²) in [6.45, 7) is 0. The molecule has 1 saturated carbocycles. The smallest absolute Gasteiger partial charge is 0.0361 e. The topological polar surface area (TPSA) is 0 Å². The van der Waals surface area contributed by atoms with Crippen LogP contribution in [0.1, 0.15) is 24.0 Å². The molecule has 0 aliphatic heterocycles. The van der Waals surface area contributed by atoms with Crippen LogP contribution in [-0.2, 0) is 5.41 Å². The van der Waals surface area contributed by atoms with Gasteiger partial charge in [0.2, 0.25) is 0 Å². The van der Waals surface area contributed by atoms with E-state index < -0.39 is 0 Å². The van der Waals surface area contributed by atoms with E-state index in [2.05, 4.69) is 158 Å². The Morgan fingerprint density at radius 2 is 0.880 bits per heavy atom. The molecule has 50 heavy (non-hydrogen) atoms. The van der Waals surface area contributed by atoms with Crippen LogP contribution in [0.3, 0.4) is 0 Å². The molecule has 1 aromatic heterocycles. The minimum absolute atomic E-state index is 0.217. The van der Waals surface area contributed by atoms with Gasteiger partial charge in [-0.15, -0.1) is 11.3 Å². The molecule has 1 heterocycles. The average Bonchev–Trinajstić information content (AvgIpc) is 3.81. The molecule has 12 rings (SSSR count). The lowest BCUT2D eigenvalue weighted by Crippen LogP contribution is -2.03. The standard InChI is InChI=1S/C49H30S/c1-2-14-31(30(13-1)32-21-11-25-43-47(32)38-19-7-8-24-42(38)50-43)45-33-15-3-5-17-35(33)46(36-18-6-4-16-34(36)45)39-28-29-12-9-22-40-44(29)48-37(39)20-10-23-41(48)49(40)26-27-49/h1-25,28H,26-27H2. The Morgan fingerprint density at radius 1 is 0.360 bits per heavy atom. The molecule has 1 spiro atoms. The van der Waals surface area contributed by atoms with Crippen LogP contribution in [0, 0.1) is 0 Å². The first-order valence-electron chi connectivity index (χ1n) is 17.7. The van der Waals surface area contributed by atoms with Crippen molar-refractivity contribution >= 4 is 74.6 Å². The van der Waals surface area contributed by atoms with E-state index in [0.29, 0.717) is 0 Å². The van der Waals surface area contributed by atoms with Gasteiger partial charge < -0.3 is 0 Å². The molecular weight excluding hydrogens is 621 g/mol.